The first-order chi connectivity index (χ1) is 14.9. The zero-order valence-electron chi connectivity index (χ0n) is 17.0. The lowest BCUT2D eigenvalue weighted by atomic mass is 10.1. The summed E-state index contributed by atoms with van der Waals surface area (Å²) in [6.45, 7) is 2.25. The molecule has 4 rings (SSSR count). The lowest BCUT2D eigenvalue weighted by Crippen LogP contribution is -2.31. The summed E-state index contributed by atoms with van der Waals surface area (Å²) in [6, 6.07) is 27.1. The molecule has 3 aromatic carbocycles. The van der Waals surface area contributed by atoms with E-state index in [0.29, 0.717) is 17.1 Å². The van der Waals surface area contributed by atoms with Crippen LogP contribution in [0.2, 0.25) is 0 Å². The molecule has 0 saturated carbocycles. The number of para-hydroxylation sites is 1. The average Bonchev–Trinajstić information content (AvgIpc) is 3.20. The van der Waals surface area contributed by atoms with E-state index in [-0.39, 0.29) is 0 Å². The van der Waals surface area contributed by atoms with Crippen LogP contribution in [0.3, 0.4) is 0 Å². The highest BCUT2D eigenvalue weighted by atomic mass is 127. The van der Waals surface area contributed by atoms with Gasteiger partial charge in [0, 0.05) is 14.9 Å². The Morgan fingerprint density at radius 3 is 2.26 bits per heavy atom. The van der Waals surface area contributed by atoms with Crippen LogP contribution in [0, 0.1) is 10.5 Å². The highest BCUT2D eigenvalue weighted by Crippen LogP contribution is 2.31. The highest BCUT2D eigenvalue weighted by Gasteiger charge is 2.27. The Kier molecular flexibility index (Phi) is 6.79. The third-order valence-electron chi connectivity index (χ3n) is 4.99. The number of aryl methyl sites for hydroxylation is 1. The summed E-state index contributed by atoms with van der Waals surface area (Å²) in [5, 5.41) is 2.06. The largest absolute Gasteiger partial charge is 0.264 e. The summed E-state index contributed by atoms with van der Waals surface area (Å²) in [5.74, 6) is 0. The third kappa shape index (κ3) is 5.19. The Hall–Kier alpha value is -2.16. The number of nitrogens with zero attached hydrogens (tertiary/aromatic N) is 1. The predicted octanol–water partition coefficient (Wildman–Crippen LogP) is 6.65. The molecule has 4 aromatic rings. The standard InChI is InChI=1S/C25H22INO2S2/c1-19-11-13-23(14-12-19)31(28,29)27(25-10-6-5-9-24(25)26)17-21-16-22(30-18-21)15-20-7-3-2-4-8-20/h2-14,16,18H,15,17H2,1H3. The fourth-order valence-corrected chi connectivity index (χ4v) is 6.58. The molecule has 158 valence electrons. The van der Waals surface area contributed by atoms with Gasteiger partial charge in [-0.05, 0) is 76.4 Å². The van der Waals surface area contributed by atoms with E-state index < -0.39 is 10.0 Å². The Bertz CT molecular complexity index is 1270. The van der Waals surface area contributed by atoms with Crippen LogP contribution in [0.25, 0.3) is 0 Å². The van der Waals surface area contributed by atoms with Crippen LogP contribution in [0.4, 0.5) is 5.69 Å². The number of sulfonamides is 1. The Morgan fingerprint density at radius 2 is 1.55 bits per heavy atom. The summed E-state index contributed by atoms with van der Waals surface area (Å²) >= 11 is 3.87. The van der Waals surface area contributed by atoms with E-state index >= 15 is 0 Å². The van der Waals surface area contributed by atoms with Crippen molar-refractivity contribution in [3.63, 3.8) is 0 Å². The summed E-state index contributed by atoms with van der Waals surface area (Å²) in [4.78, 5) is 1.52. The van der Waals surface area contributed by atoms with Crippen molar-refractivity contribution in [3.05, 3.63) is 115 Å². The number of hydrogen-bond acceptors (Lipinski definition) is 3. The van der Waals surface area contributed by atoms with Gasteiger partial charge in [-0.15, -0.1) is 11.3 Å². The second-order valence-electron chi connectivity index (χ2n) is 7.36. The van der Waals surface area contributed by atoms with Crippen molar-refractivity contribution in [1.82, 2.24) is 0 Å². The summed E-state index contributed by atoms with van der Waals surface area (Å²) < 4.78 is 29.7. The fraction of sp³-hybridized carbons (Fsp3) is 0.120. The average molecular weight is 559 g/mol. The molecule has 0 bridgehead atoms. The van der Waals surface area contributed by atoms with Crippen LogP contribution in [0.5, 0.6) is 0 Å². The Morgan fingerprint density at radius 1 is 0.871 bits per heavy atom. The molecular formula is C25H22INO2S2. The van der Waals surface area contributed by atoms with Gasteiger partial charge in [0.05, 0.1) is 17.1 Å². The molecule has 31 heavy (non-hydrogen) atoms. The van der Waals surface area contributed by atoms with E-state index in [1.807, 2.05) is 61.5 Å². The van der Waals surface area contributed by atoms with Gasteiger partial charge in [0.2, 0.25) is 0 Å². The SMILES string of the molecule is Cc1ccc(S(=O)(=O)N(Cc2csc(Cc3ccccc3)c2)c2ccccc2I)cc1. The van der Waals surface area contributed by atoms with E-state index in [4.69, 9.17) is 0 Å². The van der Waals surface area contributed by atoms with Gasteiger partial charge in [-0.1, -0.05) is 60.2 Å². The van der Waals surface area contributed by atoms with Crippen LogP contribution < -0.4 is 4.31 Å². The monoisotopic (exact) mass is 559 g/mol. The van der Waals surface area contributed by atoms with E-state index in [0.717, 1.165) is 21.1 Å². The lowest BCUT2D eigenvalue weighted by molar-refractivity contribution is 0.590. The minimum absolute atomic E-state index is 0.293. The maximum absolute atomic E-state index is 13.6. The molecule has 1 aromatic heterocycles. The second kappa shape index (κ2) is 9.54. The molecule has 0 aliphatic carbocycles. The van der Waals surface area contributed by atoms with Gasteiger partial charge in [-0.3, -0.25) is 4.31 Å². The number of thiophene rings is 1. The summed E-state index contributed by atoms with van der Waals surface area (Å²) in [6.07, 6.45) is 0.846. The molecule has 0 unspecified atom stereocenters. The first-order valence-corrected chi connectivity index (χ1v) is 13.3. The topological polar surface area (TPSA) is 37.4 Å². The van der Waals surface area contributed by atoms with Crippen molar-refractivity contribution < 1.29 is 8.42 Å². The quantitative estimate of drug-likeness (QED) is 0.238. The zero-order valence-corrected chi connectivity index (χ0v) is 20.8. The van der Waals surface area contributed by atoms with Gasteiger partial charge in [-0.25, -0.2) is 8.42 Å². The predicted molar refractivity (Wildman–Crippen MR) is 137 cm³/mol. The molecule has 0 fully saturated rings. The molecule has 6 heteroatoms. The normalized spacial score (nSPS) is 11.4. The van der Waals surface area contributed by atoms with Gasteiger partial charge in [0.15, 0.2) is 0 Å². The first-order valence-electron chi connectivity index (χ1n) is 9.87. The van der Waals surface area contributed by atoms with Crippen molar-refractivity contribution in [2.24, 2.45) is 0 Å². The van der Waals surface area contributed by atoms with Gasteiger partial charge in [0.25, 0.3) is 10.0 Å². The van der Waals surface area contributed by atoms with Gasteiger partial charge in [0.1, 0.15) is 0 Å². The molecular weight excluding hydrogens is 537 g/mol. The van der Waals surface area contributed by atoms with E-state index in [9.17, 15) is 8.42 Å². The molecule has 0 aliphatic heterocycles. The van der Waals surface area contributed by atoms with Crippen LogP contribution in [0.15, 0.2) is 95.2 Å². The Balaban J connectivity index is 1.68. The van der Waals surface area contributed by atoms with Gasteiger partial charge >= 0.3 is 0 Å². The summed E-state index contributed by atoms with van der Waals surface area (Å²) in [7, 11) is -3.71. The highest BCUT2D eigenvalue weighted by molar-refractivity contribution is 14.1. The molecule has 0 N–H and O–H groups in total. The first kappa shape index (κ1) is 22.0. The smallest absolute Gasteiger partial charge is 0.261 e. The van der Waals surface area contributed by atoms with E-state index in [1.165, 1.54) is 14.7 Å². The maximum atomic E-state index is 13.6. The van der Waals surface area contributed by atoms with Crippen LogP contribution >= 0.6 is 33.9 Å². The molecule has 0 spiro atoms. The van der Waals surface area contributed by atoms with E-state index in [2.05, 4.69) is 46.2 Å². The Labute approximate surface area is 201 Å². The van der Waals surface area contributed by atoms with Crippen molar-refractivity contribution in [2.75, 3.05) is 4.31 Å². The molecule has 1 heterocycles. The lowest BCUT2D eigenvalue weighted by Gasteiger charge is -2.25. The number of anilines is 1. The van der Waals surface area contributed by atoms with E-state index in [1.54, 1.807) is 23.5 Å². The van der Waals surface area contributed by atoms with Crippen molar-refractivity contribution in [3.8, 4) is 0 Å². The minimum atomic E-state index is -3.71. The fourth-order valence-electron chi connectivity index (χ4n) is 3.36. The van der Waals surface area contributed by atoms with Crippen molar-refractivity contribution in [2.45, 2.75) is 24.8 Å². The van der Waals surface area contributed by atoms with Crippen LogP contribution in [-0.2, 0) is 23.0 Å². The van der Waals surface area contributed by atoms with Crippen molar-refractivity contribution in [1.29, 1.82) is 0 Å². The number of hydrogen-bond donors (Lipinski definition) is 0. The van der Waals surface area contributed by atoms with Crippen LogP contribution in [0.1, 0.15) is 21.6 Å². The molecule has 0 atom stereocenters. The number of rotatable bonds is 7. The molecule has 3 nitrogen and oxygen atoms in total. The molecule has 0 radical (unpaired) electrons. The number of halogens is 1. The molecule has 0 aliphatic rings. The molecule has 0 amide bonds. The van der Waals surface area contributed by atoms with Gasteiger partial charge in [-0.2, -0.15) is 0 Å². The third-order valence-corrected chi connectivity index (χ3v) is 8.66. The van der Waals surface area contributed by atoms with Crippen LogP contribution in [-0.4, -0.2) is 8.42 Å². The molecule has 0 saturated heterocycles. The minimum Gasteiger partial charge on any atom is -0.261 e. The zero-order chi connectivity index (χ0) is 21.8. The summed E-state index contributed by atoms with van der Waals surface area (Å²) in [5.41, 5.74) is 3.96. The maximum Gasteiger partial charge on any atom is 0.264 e. The second-order valence-corrected chi connectivity index (χ2v) is 11.4. The van der Waals surface area contributed by atoms with Crippen molar-refractivity contribution >= 4 is 49.6 Å². The van der Waals surface area contributed by atoms with Gasteiger partial charge < -0.3 is 0 Å². The number of benzene rings is 3.